The first-order valence-electron chi connectivity index (χ1n) is 30.4. The van der Waals surface area contributed by atoms with E-state index in [0.717, 1.165) is 25.7 Å². The minimum Gasteiger partial charge on any atom is -0.334 e. The average molecular weight is 1050 g/mol. The van der Waals surface area contributed by atoms with Gasteiger partial charge in [0, 0.05) is 50.9 Å². The Kier molecular flexibility index (Phi) is 11.2. The van der Waals surface area contributed by atoms with Gasteiger partial charge in [-0.3, -0.25) is 0 Å². The highest BCUT2D eigenvalue weighted by Crippen LogP contribution is 2.63. The van der Waals surface area contributed by atoms with Crippen LogP contribution in [0.25, 0.3) is 22.3 Å². The van der Waals surface area contributed by atoms with Gasteiger partial charge in [0.05, 0.1) is 5.54 Å². The predicted octanol–water partition coefficient (Wildman–Crippen LogP) is 18.8. The van der Waals surface area contributed by atoms with Gasteiger partial charge in [0.1, 0.15) is 0 Å². The van der Waals surface area contributed by atoms with Gasteiger partial charge in [0.15, 0.2) is 0 Å². The molecule has 0 spiro atoms. The van der Waals surface area contributed by atoms with Crippen LogP contribution in [0.15, 0.2) is 164 Å². The van der Waals surface area contributed by atoms with E-state index in [2.05, 4.69) is 269 Å². The normalized spacial score (nSPS) is 22.3. The Morgan fingerprint density at radius 3 is 1.52 bits per heavy atom. The largest absolute Gasteiger partial charge is 0.334 e. The molecule has 3 nitrogen and oxygen atoms in total. The summed E-state index contributed by atoms with van der Waals surface area (Å²) in [5, 5.41) is 0. The molecule has 4 heteroatoms. The fourth-order valence-corrected chi connectivity index (χ4v) is 16.3. The number of rotatable bonds is 5. The van der Waals surface area contributed by atoms with Crippen molar-refractivity contribution in [2.45, 2.75) is 179 Å². The summed E-state index contributed by atoms with van der Waals surface area (Å²) in [6.45, 7) is 32.3. The van der Waals surface area contributed by atoms with E-state index in [4.69, 9.17) is 0 Å². The fourth-order valence-electron chi connectivity index (χ4n) is 16.3. The molecule has 0 N–H and O–H groups in total. The summed E-state index contributed by atoms with van der Waals surface area (Å²) < 4.78 is 0. The van der Waals surface area contributed by atoms with Crippen molar-refractivity contribution in [3.05, 3.63) is 197 Å². The van der Waals surface area contributed by atoms with Gasteiger partial charge in [-0.25, -0.2) is 0 Å². The summed E-state index contributed by atoms with van der Waals surface area (Å²) in [5.41, 5.74) is 28.2. The monoisotopic (exact) mass is 1050 g/mol. The quantitative estimate of drug-likeness (QED) is 0.159. The van der Waals surface area contributed by atoms with Crippen LogP contribution in [-0.4, -0.2) is 12.3 Å². The lowest BCUT2D eigenvalue weighted by atomic mass is 9.33. The first-order valence-corrected chi connectivity index (χ1v) is 30.4. The Morgan fingerprint density at radius 1 is 0.362 bits per heavy atom. The lowest BCUT2D eigenvalue weighted by Gasteiger charge is -2.51. The molecule has 2 atom stereocenters. The van der Waals surface area contributed by atoms with Crippen molar-refractivity contribution in [2.24, 2.45) is 0 Å². The second-order valence-electron chi connectivity index (χ2n) is 29.4. The van der Waals surface area contributed by atoms with Gasteiger partial charge in [-0.15, -0.1) is 0 Å². The maximum Gasteiger partial charge on any atom is 0.252 e. The Balaban J connectivity index is 1.13. The molecule has 14 rings (SSSR count). The van der Waals surface area contributed by atoms with E-state index in [1.165, 1.54) is 143 Å². The third-order valence-electron chi connectivity index (χ3n) is 21.7. The van der Waals surface area contributed by atoms with Gasteiger partial charge in [0.25, 0.3) is 6.71 Å². The lowest BCUT2D eigenvalue weighted by Crippen LogP contribution is -2.62. The molecule has 8 aromatic rings. The molecule has 0 saturated heterocycles. The number of anilines is 8. The summed E-state index contributed by atoms with van der Waals surface area (Å²) in [6, 6.07) is 64.9. The van der Waals surface area contributed by atoms with Crippen molar-refractivity contribution in [3.8, 4) is 22.3 Å². The molecule has 80 heavy (non-hydrogen) atoms. The lowest BCUT2D eigenvalue weighted by molar-refractivity contribution is 0.195. The SMILES string of the molecule is CC(C)(C)c1ccc2c(c1)C1(C)CCCCC1(C)N2c1cc2c3c(c1)N(c1ccc4c(c1)C(C)(C)CCC4(C)C)c1cc4c(cc1B3c1ccc(-c3ccccc3)cc1N2c1cccc(-c2ccccc2)c1)C(C)(C)CCC4(C)C. The molecular weight excluding hydrogens is 966 g/mol. The van der Waals surface area contributed by atoms with E-state index in [1.807, 2.05) is 0 Å². The van der Waals surface area contributed by atoms with Gasteiger partial charge in [-0.1, -0.05) is 205 Å². The summed E-state index contributed by atoms with van der Waals surface area (Å²) in [4.78, 5) is 8.31. The van der Waals surface area contributed by atoms with Crippen LogP contribution >= 0.6 is 0 Å². The number of benzene rings is 8. The van der Waals surface area contributed by atoms with Crippen LogP contribution in [0, 0.1) is 0 Å². The third-order valence-corrected chi connectivity index (χ3v) is 21.7. The van der Waals surface area contributed by atoms with E-state index in [0.29, 0.717) is 0 Å². The average Bonchev–Trinajstić information content (AvgIpc) is 1.80. The second kappa shape index (κ2) is 17.4. The van der Waals surface area contributed by atoms with Gasteiger partial charge < -0.3 is 14.7 Å². The van der Waals surface area contributed by atoms with Crippen molar-refractivity contribution >= 4 is 68.6 Å². The minimum absolute atomic E-state index is 0.0154. The van der Waals surface area contributed by atoms with Crippen molar-refractivity contribution in [3.63, 3.8) is 0 Å². The van der Waals surface area contributed by atoms with Crippen molar-refractivity contribution in [1.29, 1.82) is 0 Å². The molecule has 3 heterocycles. The standard InChI is InChI=1S/C76H82BN3/c1-70(2,3)53-30-34-64-61(43-53)75(12)35-20-21-36-76(75,13)80(64)56-45-67-69-68(46-56)79(55-31-32-57-58(44-55)72(6,7)38-37-71(57,4)5)66-48-60-59(73(8,9)39-40-74(60,10)11)47-63(66)77(69)62-33-29-52(50-25-18-15-19-26-50)42-65(62)78(67)54-28-22-27-51(41-54)49-23-16-14-17-24-49/h14-19,22-34,41-48H,20-21,35-40H2,1-13H3. The fraction of sp³-hybridized carbons (Fsp3) is 0.368. The third kappa shape index (κ3) is 7.51. The highest BCUT2D eigenvalue weighted by Gasteiger charge is 2.58. The van der Waals surface area contributed by atoms with Crippen molar-refractivity contribution in [2.75, 3.05) is 14.7 Å². The molecule has 3 aliphatic carbocycles. The highest BCUT2D eigenvalue weighted by atomic mass is 15.3. The topological polar surface area (TPSA) is 9.72 Å². The first kappa shape index (κ1) is 51.4. The van der Waals surface area contributed by atoms with E-state index in [-0.39, 0.29) is 44.7 Å². The van der Waals surface area contributed by atoms with Crippen LogP contribution in [0.5, 0.6) is 0 Å². The van der Waals surface area contributed by atoms with Gasteiger partial charge in [0.2, 0.25) is 0 Å². The van der Waals surface area contributed by atoms with E-state index >= 15 is 0 Å². The maximum atomic E-state index is 2.86. The number of fused-ring (bicyclic) bond motifs is 9. The molecule has 404 valence electrons. The molecule has 0 aromatic heterocycles. The van der Waals surface area contributed by atoms with Crippen LogP contribution in [0.1, 0.15) is 175 Å². The molecule has 1 saturated carbocycles. The van der Waals surface area contributed by atoms with Crippen molar-refractivity contribution < 1.29 is 0 Å². The number of hydrogen-bond acceptors (Lipinski definition) is 3. The Hall–Kier alpha value is -6.78. The Bertz CT molecular complexity index is 3840. The molecule has 8 aromatic carbocycles. The van der Waals surface area contributed by atoms with Gasteiger partial charge in [-0.2, -0.15) is 0 Å². The molecule has 0 bridgehead atoms. The Labute approximate surface area is 479 Å². The van der Waals surface area contributed by atoms with Crippen LogP contribution in [-0.2, 0) is 32.5 Å². The zero-order valence-electron chi connectivity index (χ0n) is 50.2. The molecule has 3 aliphatic heterocycles. The first-order chi connectivity index (χ1) is 38.0. The molecular formula is C76H82BN3. The molecule has 0 radical (unpaired) electrons. The number of hydrogen-bond donors (Lipinski definition) is 0. The van der Waals surface area contributed by atoms with E-state index in [9.17, 15) is 0 Å². The zero-order valence-corrected chi connectivity index (χ0v) is 50.2. The van der Waals surface area contributed by atoms with Crippen LogP contribution in [0.2, 0.25) is 0 Å². The summed E-state index contributed by atoms with van der Waals surface area (Å²) in [7, 11) is 0. The smallest absolute Gasteiger partial charge is 0.252 e. The second-order valence-corrected chi connectivity index (χ2v) is 29.4. The zero-order chi connectivity index (χ0) is 55.7. The summed E-state index contributed by atoms with van der Waals surface area (Å²) in [5.74, 6) is 0. The summed E-state index contributed by atoms with van der Waals surface area (Å²) in [6.07, 6.45) is 9.44. The minimum atomic E-state index is -0.164. The van der Waals surface area contributed by atoms with Crippen LogP contribution in [0.4, 0.5) is 45.5 Å². The molecule has 2 unspecified atom stereocenters. The molecule has 1 fully saturated rings. The van der Waals surface area contributed by atoms with Gasteiger partial charge >= 0.3 is 0 Å². The Morgan fingerprint density at radius 2 is 0.900 bits per heavy atom. The van der Waals surface area contributed by atoms with E-state index in [1.54, 1.807) is 0 Å². The van der Waals surface area contributed by atoms with E-state index < -0.39 is 0 Å². The van der Waals surface area contributed by atoms with Crippen LogP contribution < -0.4 is 31.1 Å². The molecule has 6 aliphatic rings. The summed E-state index contributed by atoms with van der Waals surface area (Å²) >= 11 is 0. The van der Waals surface area contributed by atoms with Gasteiger partial charge in [-0.05, 0) is 199 Å². The van der Waals surface area contributed by atoms with Crippen LogP contribution in [0.3, 0.4) is 0 Å². The predicted molar refractivity (Wildman–Crippen MR) is 343 cm³/mol. The molecule has 0 amide bonds. The number of nitrogens with zero attached hydrogens (tertiary/aromatic N) is 3. The highest BCUT2D eigenvalue weighted by molar-refractivity contribution is 7.00. The maximum absolute atomic E-state index is 2.86. The van der Waals surface area contributed by atoms with Crippen molar-refractivity contribution in [1.82, 2.24) is 0 Å².